The van der Waals surface area contributed by atoms with Gasteiger partial charge in [0, 0.05) is 12.5 Å². The van der Waals surface area contributed by atoms with Crippen molar-refractivity contribution < 1.29 is 14.3 Å². The van der Waals surface area contributed by atoms with Crippen LogP contribution in [0.25, 0.3) is 22.0 Å². The maximum atomic E-state index is 9.52. The van der Waals surface area contributed by atoms with Gasteiger partial charge in [-0.3, -0.25) is 4.68 Å². The molecule has 0 aliphatic heterocycles. The first kappa shape index (κ1) is 12.1. The van der Waals surface area contributed by atoms with Crippen LogP contribution in [-0.2, 0) is 17.9 Å². The molecular formula is C13H15N3O3. The second kappa shape index (κ2) is 4.64. The Bertz CT molecular complexity index is 714. The van der Waals surface area contributed by atoms with Gasteiger partial charge < -0.3 is 14.3 Å². The van der Waals surface area contributed by atoms with Crippen LogP contribution in [0.1, 0.15) is 12.8 Å². The summed E-state index contributed by atoms with van der Waals surface area (Å²) in [6, 6.07) is 3.81. The number of aliphatic hydroxyl groups excluding tert-OH is 1. The van der Waals surface area contributed by atoms with Crippen LogP contribution in [0.15, 0.2) is 22.7 Å². The SMILES string of the molecule is COCc1nc2c(ccc3cnn(C[C@@H](C)O)c32)o1. The molecule has 0 spiro atoms. The first-order valence-corrected chi connectivity index (χ1v) is 6.10. The Morgan fingerprint density at radius 3 is 3.05 bits per heavy atom. The molecule has 0 amide bonds. The lowest BCUT2D eigenvalue weighted by molar-refractivity contribution is 0.161. The predicted molar refractivity (Wildman–Crippen MR) is 69.7 cm³/mol. The molecule has 0 aliphatic carbocycles. The highest BCUT2D eigenvalue weighted by Gasteiger charge is 2.14. The minimum absolute atomic E-state index is 0.334. The lowest BCUT2D eigenvalue weighted by Crippen LogP contribution is -2.12. The molecule has 0 saturated carbocycles. The molecule has 0 saturated heterocycles. The normalized spacial score (nSPS) is 13.4. The lowest BCUT2D eigenvalue weighted by atomic mass is 10.2. The topological polar surface area (TPSA) is 73.3 Å². The van der Waals surface area contributed by atoms with Gasteiger partial charge in [0.2, 0.25) is 5.89 Å². The molecule has 1 N–H and O–H groups in total. The van der Waals surface area contributed by atoms with Gasteiger partial charge >= 0.3 is 0 Å². The van der Waals surface area contributed by atoms with Crippen molar-refractivity contribution in [3.05, 3.63) is 24.2 Å². The van der Waals surface area contributed by atoms with Crippen molar-refractivity contribution in [3.8, 4) is 0 Å². The molecule has 0 bridgehead atoms. The van der Waals surface area contributed by atoms with E-state index in [0.29, 0.717) is 24.6 Å². The summed E-state index contributed by atoms with van der Waals surface area (Å²) in [6.07, 6.45) is 1.30. The summed E-state index contributed by atoms with van der Waals surface area (Å²) in [7, 11) is 1.60. The van der Waals surface area contributed by atoms with Crippen molar-refractivity contribution in [1.82, 2.24) is 14.8 Å². The Hall–Kier alpha value is -1.92. The van der Waals surface area contributed by atoms with E-state index in [0.717, 1.165) is 16.4 Å². The fourth-order valence-electron chi connectivity index (χ4n) is 2.18. The van der Waals surface area contributed by atoms with Gasteiger partial charge in [-0.15, -0.1) is 0 Å². The number of nitrogens with zero attached hydrogens (tertiary/aromatic N) is 3. The van der Waals surface area contributed by atoms with Gasteiger partial charge in [-0.2, -0.15) is 5.10 Å². The Balaban J connectivity index is 2.21. The molecule has 0 aliphatic rings. The van der Waals surface area contributed by atoms with E-state index in [-0.39, 0.29) is 0 Å². The average Bonchev–Trinajstić information content (AvgIpc) is 2.92. The Morgan fingerprint density at radius 1 is 1.47 bits per heavy atom. The van der Waals surface area contributed by atoms with Gasteiger partial charge in [-0.25, -0.2) is 4.98 Å². The maximum Gasteiger partial charge on any atom is 0.221 e. The third-order valence-electron chi connectivity index (χ3n) is 2.91. The molecule has 2 heterocycles. The number of rotatable bonds is 4. The third kappa shape index (κ3) is 2.09. The summed E-state index contributed by atoms with van der Waals surface area (Å²) < 4.78 is 12.4. The van der Waals surface area contributed by atoms with Crippen molar-refractivity contribution in [2.24, 2.45) is 0 Å². The van der Waals surface area contributed by atoms with Gasteiger partial charge in [-0.1, -0.05) is 0 Å². The van der Waals surface area contributed by atoms with Crippen LogP contribution in [-0.4, -0.2) is 33.1 Å². The Labute approximate surface area is 109 Å². The molecule has 0 unspecified atom stereocenters. The number of hydrogen-bond acceptors (Lipinski definition) is 5. The van der Waals surface area contributed by atoms with Gasteiger partial charge in [0.15, 0.2) is 5.58 Å². The molecule has 1 atom stereocenters. The van der Waals surface area contributed by atoms with Crippen molar-refractivity contribution >= 4 is 22.0 Å². The first-order valence-electron chi connectivity index (χ1n) is 6.10. The highest BCUT2D eigenvalue weighted by molar-refractivity contribution is 6.00. The number of aromatic nitrogens is 3. The van der Waals surface area contributed by atoms with Crippen molar-refractivity contribution in [2.75, 3.05) is 7.11 Å². The zero-order chi connectivity index (χ0) is 13.4. The van der Waals surface area contributed by atoms with Gasteiger partial charge in [0.1, 0.15) is 12.1 Å². The largest absolute Gasteiger partial charge is 0.438 e. The summed E-state index contributed by atoms with van der Waals surface area (Å²) in [5.41, 5.74) is 2.33. The molecule has 100 valence electrons. The molecule has 2 aromatic heterocycles. The number of aliphatic hydroxyl groups is 1. The molecular weight excluding hydrogens is 246 g/mol. The van der Waals surface area contributed by atoms with E-state index in [1.54, 1.807) is 24.9 Å². The quantitative estimate of drug-likeness (QED) is 0.773. The van der Waals surface area contributed by atoms with Crippen LogP contribution in [0, 0.1) is 0 Å². The van der Waals surface area contributed by atoms with Crippen LogP contribution < -0.4 is 0 Å². The predicted octanol–water partition coefficient (Wildman–Crippen LogP) is 1.70. The molecule has 1 aromatic carbocycles. The molecule has 19 heavy (non-hydrogen) atoms. The van der Waals surface area contributed by atoms with Crippen molar-refractivity contribution in [3.63, 3.8) is 0 Å². The van der Waals surface area contributed by atoms with E-state index in [4.69, 9.17) is 9.15 Å². The van der Waals surface area contributed by atoms with Crippen molar-refractivity contribution in [1.29, 1.82) is 0 Å². The lowest BCUT2D eigenvalue weighted by Gasteiger charge is -2.05. The van der Waals surface area contributed by atoms with Crippen LogP contribution in [0.5, 0.6) is 0 Å². The molecule has 0 radical (unpaired) electrons. The highest BCUT2D eigenvalue weighted by Crippen LogP contribution is 2.26. The van der Waals surface area contributed by atoms with E-state index in [1.165, 1.54) is 0 Å². The summed E-state index contributed by atoms with van der Waals surface area (Å²) >= 11 is 0. The first-order chi connectivity index (χ1) is 9.19. The van der Waals surface area contributed by atoms with Gasteiger partial charge in [-0.05, 0) is 19.1 Å². The van der Waals surface area contributed by atoms with E-state index in [1.807, 2.05) is 12.1 Å². The second-order valence-corrected chi connectivity index (χ2v) is 4.57. The van der Waals surface area contributed by atoms with Crippen LogP contribution in [0.4, 0.5) is 0 Å². The van der Waals surface area contributed by atoms with E-state index in [2.05, 4.69) is 10.1 Å². The van der Waals surface area contributed by atoms with Gasteiger partial charge in [0.05, 0.1) is 24.4 Å². The zero-order valence-corrected chi connectivity index (χ0v) is 10.8. The number of oxazole rings is 1. The number of hydrogen-bond donors (Lipinski definition) is 1. The smallest absolute Gasteiger partial charge is 0.221 e. The maximum absolute atomic E-state index is 9.52. The fourth-order valence-corrected chi connectivity index (χ4v) is 2.18. The summed E-state index contributed by atoms with van der Waals surface area (Å²) in [6.45, 7) is 2.49. The van der Waals surface area contributed by atoms with Crippen molar-refractivity contribution in [2.45, 2.75) is 26.2 Å². The molecule has 6 nitrogen and oxygen atoms in total. The summed E-state index contributed by atoms with van der Waals surface area (Å²) in [5, 5.41) is 14.8. The molecule has 3 rings (SSSR count). The van der Waals surface area contributed by atoms with Crippen LogP contribution in [0.2, 0.25) is 0 Å². The van der Waals surface area contributed by atoms with E-state index < -0.39 is 6.10 Å². The second-order valence-electron chi connectivity index (χ2n) is 4.57. The summed E-state index contributed by atoms with van der Waals surface area (Å²) in [5.74, 6) is 0.537. The van der Waals surface area contributed by atoms with Gasteiger partial charge in [0.25, 0.3) is 0 Å². The molecule has 0 fully saturated rings. The monoisotopic (exact) mass is 261 g/mol. The number of methoxy groups -OCH3 is 1. The third-order valence-corrected chi connectivity index (χ3v) is 2.91. The minimum Gasteiger partial charge on any atom is -0.438 e. The highest BCUT2D eigenvalue weighted by atomic mass is 16.5. The minimum atomic E-state index is -0.469. The zero-order valence-electron chi connectivity index (χ0n) is 10.8. The Morgan fingerprint density at radius 2 is 2.32 bits per heavy atom. The average molecular weight is 261 g/mol. The Kier molecular flexibility index (Phi) is 2.96. The molecule has 6 heteroatoms. The number of fused-ring (bicyclic) bond motifs is 3. The standard InChI is InChI=1S/C13H15N3O3/c1-8(17)6-16-13-9(5-14-16)3-4-10-12(13)15-11(19-10)7-18-2/h3-5,8,17H,6-7H2,1-2H3/t8-/m1/s1. The van der Waals surface area contributed by atoms with E-state index in [9.17, 15) is 5.11 Å². The number of benzene rings is 1. The van der Waals surface area contributed by atoms with Crippen LogP contribution >= 0.6 is 0 Å². The molecule has 3 aromatic rings. The number of ether oxygens (including phenoxy) is 1. The van der Waals surface area contributed by atoms with Crippen LogP contribution in [0.3, 0.4) is 0 Å². The van der Waals surface area contributed by atoms with E-state index >= 15 is 0 Å². The fraction of sp³-hybridized carbons (Fsp3) is 0.385. The summed E-state index contributed by atoms with van der Waals surface area (Å²) in [4.78, 5) is 4.44.